The highest BCUT2D eigenvalue weighted by Crippen LogP contribution is 2.23. The third-order valence-corrected chi connectivity index (χ3v) is 7.32. The van der Waals surface area contributed by atoms with Gasteiger partial charge in [0.05, 0.1) is 27.8 Å². The number of thiophene rings is 1. The summed E-state index contributed by atoms with van der Waals surface area (Å²) in [7, 11) is 0. The molecule has 0 spiro atoms. The van der Waals surface area contributed by atoms with Gasteiger partial charge in [-0.05, 0) is 48.9 Å². The van der Waals surface area contributed by atoms with Gasteiger partial charge < -0.3 is 4.90 Å². The van der Waals surface area contributed by atoms with Gasteiger partial charge in [0, 0.05) is 32.7 Å². The van der Waals surface area contributed by atoms with Crippen LogP contribution in [0.25, 0.3) is 0 Å². The van der Waals surface area contributed by atoms with Gasteiger partial charge in [-0.2, -0.15) is 5.10 Å². The molecule has 1 aliphatic rings. The Morgan fingerprint density at radius 3 is 2.50 bits per heavy atom. The Morgan fingerprint density at radius 1 is 1.10 bits per heavy atom. The number of rotatable bonds is 5. The number of hydrogen-bond acceptors (Lipinski definition) is 4. The summed E-state index contributed by atoms with van der Waals surface area (Å²) in [6, 6.07) is 10.5. The first-order chi connectivity index (χ1) is 14.4. The normalized spacial score (nSPS) is 15.0. The zero-order valence-electron chi connectivity index (χ0n) is 17.7. The molecule has 2 aromatic heterocycles. The van der Waals surface area contributed by atoms with E-state index in [0.29, 0.717) is 11.6 Å². The molecule has 1 fully saturated rings. The van der Waals surface area contributed by atoms with E-state index in [0.717, 1.165) is 54.6 Å². The second-order valence-corrected chi connectivity index (χ2v) is 9.25. The van der Waals surface area contributed by atoms with E-state index in [9.17, 15) is 4.79 Å². The Hall–Kier alpha value is -2.15. The lowest BCUT2D eigenvalue weighted by atomic mass is 10.1. The lowest BCUT2D eigenvalue weighted by molar-refractivity contribution is 0.0633. The first kappa shape index (κ1) is 21.1. The maximum Gasteiger partial charge on any atom is 0.264 e. The number of carbonyl (C=O) groups excluding carboxylic acids is 1. The van der Waals surface area contributed by atoms with Gasteiger partial charge in [-0.25, -0.2) is 0 Å². The van der Waals surface area contributed by atoms with Crippen molar-refractivity contribution in [2.24, 2.45) is 0 Å². The van der Waals surface area contributed by atoms with Crippen LogP contribution in [0.4, 0.5) is 0 Å². The Bertz CT molecular complexity index is 1050. The van der Waals surface area contributed by atoms with E-state index in [-0.39, 0.29) is 5.91 Å². The van der Waals surface area contributed by atoms with E-state index in [1.165, 1.54) is 22.5 Å². The number of amides is 1. The quantitative estimate of drug-likeness (QED) is 0.583. The molecule has 0 atom stereocenters. The summed E-state index contributed by atoms with van der Waals surface area (Å²) >= 11 is 7.76. The van der Waals surface area contributed by atoms with Crippen molar-refractivity contribution in [3.8, 4) is 0 Å². The minimum Gasteiger partial charge on any atom is -0.335 e. The molecule has 0 aliphatic carbocycles. The number of aromatic nitrogens is 2. The van der Waals surface area contributed by atoms with E-state index in [1.807, 2.05) is 34.9 Å². The molecule has 1 aromatic carbocycles. The topological polar surface area (TPSA) is 41.4 Å². The monoisotopic (exact) mass is 442 g/mol. The number of piperazine rings is 1. The highest BCUT2D eigenvalue weighted by molar-refractivity contribution is 7.12. The molecule has 4 rings (SSSR count). The van der Waals surface area contributed by atoms with Gasteiger partial charge in [-0.15, -0.1) is 11.3 Å². The number of nitrogens with zero attached hydrogens (tertiary/aromatic N) is 4. The first-order valence-electron chi connectivity index (χ1n) is 10.3. The van der Waals surface area contributed by atoms with Crippen LogP contribution in [0.3, 0.4) is 0 Å². The predicted octanol–water partition coefficient (Wildman–Crippen LogP) is 4.53. The molecular formula is C23H27ClN4OS. The molecule has 1 aliphatic heterocycles. The molecule has 3 aromatic rings. The molecule has 0 unspecified atom stereocenters. The number of benzene rings is 1. The third kappa shape index (κ3) is 4.46. The van der Waals surface area contributed by atoms with Crippen LogP contribution in [0.5, 0.6) is 0 Å². The third-order valence-electron chi connectivity index (χ3n) is 5.80. The van der Waals surface area contributed by atoms with Crippen LogP contribution >= 0.6 is 22.9 Å². The number of aryl methyl sites for hydroxylation is 2. The van der Waals surface area contributed by atoms with Crippen LogP contribution in [0, 0.1) is 20.8 Å². The molecule has 0 N–H and O–H groups in total. The van der Waals surface area contributed by atoms with Crippen LogP contribution in [0.15, 0.2) is 35.7 Å². The second kappa shape index (κ2) is 8.92. The molecule has 0 radical (unpaired) electrons. The van der Waals surface area contributed by atoms with Crippen LogP contribution in [0.1, 0.15) is 37.7 Å². The predicted molar refractivity (Wildman–Crippen MR) is 122 cm³/mol. The molecular weight excluding hydrogens is 416 g/mol. The Kier molecular flexibility index (Phi) is 6.27. The maximum absolute atomic E-state index is 13.0. The summed E-state index contributed by atoms with van der Waals surface area (Å²) in [5.74, 6) is 0.133. The fraction of sp³-hybridized carbons (Fsp3) is 0.391. The van der Waals surface area contributed by atoms with E-state index in [4.69, 9.17) is 11.6 Å². The average Bonchev–Trinajstić information content (AvgIpc) is 3.31. The minimum absolute atomic E-state index is 0.133. The number of carbonyl (C=O) groups is 1. The van der Waals surface area contributed by atoms with E-state index in [1.54, 1.807) is 0 Å². The van der Waals surface area contributed by atoms with Crippen molar-refractivity contribution in [3.05, 3.63) is 73.7 Å². The zero-order valence-corrected chi connectivity index (χ0v) is 19.3. The lowest BCUT2D eigenvalue weighted by Gasteiger charge is -2.34. The van der Waals surface area contributed by atoms with Crippen molar-refractivity contribution in [1.29, 1.82) is 0 Å². The van der Waals surface area contributed by atoms with Crippen molar-refractivity contribution in [2.45, 2.75) is 33.9 Å². The number of halogens is 1. The Morgan fingerprint density at radius 2 is 1.83 bits per heavy atom. The Balaban J connectivity index is 1.34. The largest absolute Gasteiger partial charge is 0.335 e. The Labute approximate surface area is 186 Å². The SMILES string of the molecule is Cc1ccccc1CN1CCN(C(=O)c2cc(Cn3nc(C)c(Cl)c3C)cs2)CC1. The molecule has 5 nitrogen and oxygen atoms in total. The first-order valence-corrected chi connectivity index (χ1v) is 11.5. The van der Waals surface area contributed by atoms with Gasteiger partial charge in [0.15, 0.2) is 0 Å². The van der Waals surface area contributed by atoms with Gasteiger partial charge in [-0.3, -0.25) is 14.4 Å². The van der Waals surface area contributed by atoms with Gasteiger partial charge >= 0.3 is 0 Å². The molecule has 0 saturated carbocycles. The summed E-state index contributed by atoms with van der Waals surface area (Å²) in [5.41, 5.74) is 5.57. The van der Waals surface area contributed by atoms with Gasteiger partial charge in [0.1, 0.15) is 0 Å². The fourth-order valence-corrected chi connectivity index (χ4v) is 4.87. The smallest absolute Gasteiger partial charge is 0.264 e. The standard InChI is InChI=1S/C23H27ClN4OS/c1-16-6-4-5-7-20(16)14-26-8-10-27(11-9-26)23(29)21-12-19(15-30-21)13-28-18(3)22(24)17(2)25-28/h4-7,12,15H,8-11,13-14H2,1-3H3. The molecule has 1 saturated heterocycles. The van der Waals surface area contributed by atoms with Crippen molar-refractivity contribution in [3.63, 3.8) is 0 Å². The molecule has 0 bridgehead atoms. The summed E-state index contributed by atoms with van der Waals surface area (Å²) < 4.78 is 1.90. The fourth-order valence-electron chi connectivity index (χ4n) is 3.87. The summed E-state index contributed by atoms with van der Waals surface area (Å²) in [6.07, 6.45) is 0. The summed E-state index contributed by atoms with van der Waals surface area (Å²) in [4.78, 5) is 18.2. The van der Waals surface area contributed by atoms with Crippen molar-refractivity contribution in [1.82, 2.24) is 19.6 Å². The van der Waals surface area contributed by atoms with Crippen LogP contribution < -0.4 is 0 Å². The lowest BCUT2D eigenvalue weighted by Crippen LogP contribution is -2.48. The van der Waals surface area contributed by atoms with Gasteiger partial charge in [0.2, 0.25) is 0 Å². The van der Waals surface area contributed by atoms with E-state index >= 15 is 0 Å². The minimum atomic E-state index is 0.133. The summed E-state index contributed by atoms with van der Waals surface area (Å²) in [6.45, 7) is 11.0. The zero-order chi connectivity index (χ0) is 21.3. The molecule has 1 amide bonds. The van der Waals surface area contributed by atoms with E-state index in [2.05, 4.69) is 41.2 Å². The van der Waals surface area contributed by atoms with Crippen LogP contribution in [-0.4, -0.2) is 51.7 Å². The van der Waals surface area contributed by atoms with Crippen LogP contribution in [0.2, 0.25) is 5.02 Å². The molecule has 30 heavy (non-hydrogen) atoms. The highest BCUT2D eigenvalue weighted by atomic mass is 35.5. The maximum atomic E-state index is 13.0. The van der Waals surface area contributed by atoms with Gasteiger partial charge in [0.25, 0.3) is 5.91 Å². The average molecular weight is 443 g/mol. The van der Waals surface area contributed by atoms with Crippen molar-refractivity contribution in [2.75, 3.05) is 26.2 Å². The van der Waals surface area contributed by atoms with Crippen LogP contribution in [-0.2, 0) is 13.1 Å². The van der Waals surface area contributed by atoms with Crippen molar-refractivity contribution < 1.29 is 4.79 Å². The van der Waals surface area contributed by atoms with Crippen molar-refractivity contribution >= 4 is 28.8 Å². The molecule has 7 heteroatoms. The summed E-state index contributed by atoms with van der Waals surface area (Å²) in [5, 5.41) is 7.25. The van der Waals surface area contributed by atoms with Gasteiger partial charge in [-0.1, -0.05) is 35.9 Å². The second-order valence-electron chi connectivity index (χ2n) is 7.96. The highest BCUT2D eigenvalue weighted by Gasteiger charge is 2.23. The molecule has 158 valence electrons. The number of hydrogen-bond donors (Lipinski definition) is 0. The van der Waals surface area contributed by atoms with E-state index < -0.39 is 0 Å². The molecule has 3 heterocycles.